The van der Waals surface area contributed by atoms with Crippen molar-refractivity contribution in [1.29, 1.82) is 0 Å². The lowest BCUT2D eigenvalue weighted by atomic mass is 10.2. The predicted octanol–water partition coefficient (Wildman–Crippen LogP) is 1.04. The lowest BCUT2D eigenvalue weighted by Crippen LogP contribution is -1.87. The maximum atomic E-state index is 8.76. The molecule has 1 aliphatic rings. The van der Waals surface area contributed by atoms with Crippen LogP contribution in [-0.4, -0.2) is 10.3 Å². The molecule has 0 aromatic carbocycles. The van der Waals surface area contributed by atoms with Gasteiger partial charge in [0.1, 0.15) is 12.0 Å². The molecule has 3 heteroatoms. The Labute approximate surface area is 58.6 Å². The van der Waals surface area contributed by atoms with Crippen LogP contribution in [0, 0.1) is 0 Å². The maximum Gasteiger partial charge on any atom is 0.127 e. The number of rotatable bonds is 2. The van der Waals surface area contributed by atoms with Crippen LogP contribution in [0.2, 0.25) is 0 Å². The minimum absolute atomic E-state index is 0.00231. The van der Waals surface area contributed by atoms with Crippen molar-refractivity contribution < 1.29 is 9.63 Å². The van der Waals surface area contributed by atoms with Crippen LogP contribution in [0.1, 0.15) is 30.0 Å². The summed E-state index contributed by atoms with van der Waals surface area (Å²) in [5.74, 6) is 0.619. The van der Waals surface area contributed by atoms with E-state index in [9.17, 15) is 0 Å². The van der Waals surface area contributed by atoms with E-state index in [0.29, 0.717) is 11.6 Å². The van der Waals surface area contributed by atoms with Crippen LogP contribution in [0.5, 0.6) is 0 Å². The molecule has 54 valence electrons. The lowest BCUT2D eigenvalue weighted by Gasteiger charge is -1.90. The van der Waals surface area contributed by atoms with Crippen molar-refractivity contribution in [2.24, 2.45) is 0 Å². The topological polar surface area (TPSA) is 46.3 Å². The number of hydrogen-bond donors (Lipinski definition) is 1. The summed E-state index contributed by atoms with van der Waals surface area (Å²) in [7, 11) is 0. The molecule has 0 unspecified atom stereocenters. The van der Waals surface area contributed by atoms with Crippen molar-refractivity contribution in [3.05, 3.63) is 17.5 Å². The molecule has 1 aliphatic carbocycles. The molecule has 1 N–H and O–H groups in total. The summed E-state index contributed by atoms with van der Waals surface area (Å²) in [5.41, 5.74) is 1.81. The molecule has 2 rings (SSSR count). The smallest absolute Gasteiger partial charge is 0.127 e. The Kier molecular flexibility index (Phi) is 1.24. The van der Waals surface area contributed by atoms with Crippen molar-refractivity contribution in [1.82, 2.24) is 5.16 Å². The summed E-state index contributed by atoms with van der Waals surface area (Å²) >= 11 is 0. The highest BCUT2D eigenvalue weighted by molar-refractivity contribution is 5.23. The Bertz CT molecular complexity index is 227. The van der Waals surface area contributed by atoms with E-state index in [4.69, 9.17) is 9.63 Å². The quantitative estimate of drug-likeness (QED) is 0.666. The molecule has 3 nitrogen and oxygen atoms in total. The molecule has 0 amide bonds. The van der Waals surface area contributed by atoms with Gasteiger partial charge in [-0.2, -0.15) is 0 Å². The molecule has 0 radical (unpaired) electrons. The summed E-state index contributed by atoms with van der Waals surface area (Å²) in [5, 5.41) is 12.4. The second-order valence-electron chi connectivity index (χ2n) is 2.65. The van der Waals surface area contributed by atoms with E-state index in [2.05, 4.69) is 5.16 Å². The van der Waals surface area contributed by atoms with Gasteiger partial charge in [-0.05, 0) is 18.8 Å². The molecule has 0 spiro atoms. The summed E-state index contributed by atoms with van der Waals surface area (Å²) in [6, 6.07) is 0. The molecule has 0 atom stereocenters. The third kappa shape index (κ3) is 0.827. The van der Waals surface area contributed by atoms with Gasteiger partial charge in [0.25, 0.3) is 0 Å². The highest BCUT2D eigenvalue weighted by atomic mass is 16.5. The van der Waals surface area contributed by atoms with Crippen LogP contribution < -0.4 is 0 Å². The Balaban J connectivity index is 2.28. The average Bonchev–Trinajstić information content (AvgIpc) is 2.69. The zero-order chi connectivity index (χ0) is 6.97. The molecule has 1 fully saturated rings. The monoisotopic (exact) mass is 139 g/mol. The van der Waals surface area contributed by atoms with Crippen LogP contribution in [0.3, 0.4) is 0 Å². The van der Waals surface area contributed by atoms with E-state index in [0.717, 1.165) is 5.56 Å². The fourth-order valence-electron chi connectivity index (χ4n) is 1.11. The van der Waals surface area contributed by atoms with Gasteiger partial charge in [0.15, 0.2) is 0 Å². The second kappa shape index (κ2) is 2.09. The van der Waals surface area contributed by atoms with E-state index in [1.807, 2.05) is 0 Å². The van der Waals surface area contributed by atoms with Crippen molar-refractivity contribution in [2.45, 2.75) is 25.4 Å². The largest absolute Gasteiger partial charge is 0.390 e. The molecule has 1 saturated carbocycles. The zero-order valence-electron chi connectivity index (χ0n) is 5.58. The molecule has 0 saturated heterocycles. The predicted molar refractivity (Wildman–Crippen MR) is 34.4 cm³/mol. The minimum Gasteiger partial charge on any atom is -0.390 e. The number of aliphatic hydroxyl groups excluding tert-OH is 1. The van der Waals surface area contributed by atoms with Crippen molar-refractivity contribution in [3.8, 4) is 0 Å². The third-order valence-electron chi connectivity index (χ3n) is 1.84. The van der Waals surface area contributed by atoms with E-state index < -0.39 is 0 Å². The van der Waals surface area contributed by atoms with Gasteiger partial charge >= 0.3 is 0 Å². The number of aliphatic hydroxyl groups is 1. The number of aromatic nitrogens is 1. The van der Waals surface area contributed by atoms with Gasteiger partial charge in [0.05, 0.1) is 6.61 Å². The molecule has 1 aromatic heterocycles. The molecule has 0 bridgehead atoms. The van der Waals surface area contributed by atoms with Crippen molar-refractivity contribution in [3.63, 3.8) is 0 Å². The van der Waals surface area contributed by atoms with E-state index in [1.165, 1.54) is 12.8 Å². The van der Waals surface area contributed by atoms with Crippen molar-refractivity contribution in [2.75, 3.05) is 0 Å². The summed E-state index contributed by atoms with van der Waals surface area (Å²) in [6.07, 6.45) is 4.08. The van der Waals surface area contributed by atoms with E-state index in [-0.39, 0.29) is 6.61 Å². The lowest BCUT2D eigenvalue weighted by molar-refractivity contribution is 0.266. The first-order valence-corrected chi connectivity index (χ1v) is 3.46. The second-order valence-corrected chi connectivity index (χ2v) is 2.65. The number of hydrogen-bond acceptors (Lipinski definition) is 3. The van der Waals surface area contributed by atoms with Crippen LogP contribution >= 0.6 is 0 Å². The highest BCUT2D eigenvalue weighted by Crippen LogP contribution is 2.41. The molecule has 1 heterocycles. The van der Waals surface area contributed by atoms with Crippen LogP contribution in [-0.2, 0) is 6.61 Å². The summed E-state index contributed by atoms with van der Waals surface area (Å²) < 4.78 is 4.73. The molecular weight excluding hydrogens is 130 g/mol. The van der Waals surface area contributed by atoms with Crippen molar-refractivity contribution >= 4 is 0 Å². The molecular formula is C7H9NO2. The first-order valence-electron chi connectivity index (χ1n) is 3.46. The summed E-state index contributed by atoms with van der Waals surface area (Å²) in [4.78, 5) is 0. The molecule has 1 aromatic rings. The Hall–Kier alpha value is -0.830. The van der Waals surface area contributed by atoms with Gasteiger partial charge in [-0.15, -0.1) is 0 Å². The van der Waals surface area contributed by atoms with Gasteiger partial charge < -0.3 is 9.63 Å². The van der Waals surface area contributed by atoms with E-state index in [1.54, 1.807) is 6.26 Å². The van der Waals surface area contributed by atoms with Gasteiger partial charge in [0, 0.05) is 5.56 Å². The standard InChI is InChI=1S/C7H9NO2/c9-3-7-6(4-10-8-7)5-1-2-5/h4-5,9H,1-3H2. The zero-order valence-corrected chi connectivity index (χ0v) is 5.58. The fourth-order valence-corrected chi connectivity index (χ4v) is 1.11. The molecule has 10 heavy (non-hydrogen) atoms. The molecule has 0 aliphatic heterocycles. The first kappa shape index (κ1) is 5.92. The average molecular weight is 139 g/mol. The maximum absolute atomic E-state index is 8.76. The van der Waals surface area contributed by atoms with Crippen LogP contribution in [0.4, 0.5) is 0 Å². The Morgan fingerprint density at radius 3 is 3.10 bits per heavy atom. The van der Waals surface area contributed by atoms with Gasteiger partial charge in [0.2, 0.25) is 0 Å². The SMILES string of the molecule is OCc1nocc1C1CC1. The van der Waals surface area contributed by atoms with Gasteiger partial charge in [-0.3, -0.25) is 0 Å². The van der Waals surface area contributed by atoms with Gasteiger partial charge in [-0.1, -0.05) is 5.16 Å². The summed E-state index contributed by atoms with van der Waals surface area (Å²) in [6.45, 7) is 0.00231. The fraction of sp³-hybridized carbons (Fsp3) is 0.571. The van der Waals surface area contributed by atoms with E-state index >= 15 is 0 Å². The first-order chi connectivity index (χ1) is 4.92. The van der Waals surface area contributed by atoms with Gasteiger partial charge in [-0.25, -0.2) is 0 Å². The normalized spacial score (nSPS) is 17.7. The Morgan fingerprint density at radius 2 is 2.50 bits per heavy atom. The third-order valence-corrected chi connectivity index (χ3v) is 1.84. The van der Waals surface area contributed by atoms with Crippen LogP contribution in [0.15, 0.2) is 10.8 Å². The minimum atomic E-state index is 0.00231. The highest BCUT2D eigenvalue weighted by Gasteiger charge is 2.27. The Morgan fingerprint density at radius 1 is 1.70 bits per heavy atom. The van der Waals surface area contributed by atoms with Crippen LogP contribution in [0.25, 0.3) is 0 Å². The number of nitrogens with zero attached hydrogens (tertiary/aromatic N) is 1.